The molecule has 0 aliphatic carbocycles. The van der Waals surface area contributed by atoms with E-state index in [0.29, 0.717) is 6.42 Å². The van der Waals surface area contributed by atoms with Gasteiger partial charge >= 0.3 is 12.1 Å². The zero-order valence-electron chi connectivity index (χ0n) is 7.02. The predicted octanol–water partition coefficient (Wildman–Crippen LogP) is 2.20. The molecule has 1 atom stereocenters. The van der Waals surface area contributed by atoms with Crippen molar-refractivity contribution in [2.75, 3.05) is 0 Å². The van der Waals surface area contributed by atoms with Gasteiger partial charge in [-0.1, -0.05) is 13.3 Å². The summed E-state index contributed by atoms with van der Waals surface area (Å²) in [6.07, 6.45) is -2.83. The molecule has 0 aromatic carbocycles. The van der Waals surface area contributed by atoms with Crippen LogP contribution in [0.4, 0.5) is 13.2 Å². The fourth-order valence-corrected chi connectivity index (χ4v) is 1.25. The van der Waals surface area contributed by atoms with Crippen molar-refractivity contribution in [2.24, 2.45) is 0 Å². The first kappa shape index (κ1) is 10.1. The molecule has 0 N–H and O–H groups in total. The molecule has 0 fully saturated rings. The van der Waals surface area contributed by atoms with E-state index in [4.69, 9.17) is 0 Å². The monoisotopic (exact) mass is 194 g/mol. The molecule has 0 aromatic heterocycles. The van der Waals surface area contributed by atoms with Crippen LogP contribution in [0.1, 0.15) is 19.8 Å². The van der Waals surface area contributed by atoms with Crippen molar-refractivity contribution in [3.63, 3.8) is 0 Å². The third kappa shape index (κ3) is 1.68. The normalized spacial score (nSPS) is 27.8. The first-order valence-electron chi connectivity index (χ1n) is 3.90. The molecule has 74 valence electrons. The van der Waals surface area contributed by atoms with E-state index in [1.807, 2.05) is 0 Å². The topological polar surface area (TPSA) is 26.3 Å². The summed E-state index contributed by atoms with van der Waals surface area (Å²) in [6, 6.07) is 0. The van der Waals surface area contributed by atoms with E-state index in [0.717, 1.165) is 12.2 Å². The van der Waals surface area contributed by atoms with Crippen LogP contribution >= 0.6 is 0 Å². The van der Waals surface area contributed by atoms with E-state index in [-0.39, 0.29) is 6.42 Å². The van der Waals surface area contributed by atoms with Crippen molar-refractivity contribution in [1.29, 1.82) is 0 Å². The quantitative estimate of drug-likeness (QED) is 0.630. The lowest BCUT2D eigenvalue weighted by molar-refractivity contribution is -0.247. The number of hydrogen-bond acceptors (Lipinski definition) is 2. The van der Waals surface area contributed by atoms with Crippen molar-refractivity contribution in [2.45, 2.75) is 31.5 Å². The van der Waals surface area contributed by atoms with Gasteiger partial charge in [0.2, 0.25) is 5.60 Å². The summed E-state index contributed by atoms with van der Waals surface area (Å²) < 4.78 is 41.6. The summed E-state index contributed by atoms with van der Waals surface area (Å²) in [7, 11) is 0. The van der Waals surface area contributed by atoms with Gasteiger partial charge in [0, 0.05) is 6.08 Å². The third-order valence-corrected chi connectivity index (χ3v) is 1.87. The van der Waals surface area contributed by atoms with Crippen LogP contribution in [0.3, 0.4) is 0 Å². The molecule has 5 heteroatoms. The largest absolute Gasteiger partial charge is 0.442 e. The number of alkyl halides is 3. The summed E-state index contributed by atoms with van der Waals surface area (Å²) in [5.41, 5.74) is -2.38. The first-order chi connectivity index (χ1) is 5.91. The Kier molecular flexibility index (Phi) is 2.36. The Morgan fingerprint density at radius 3 is 2.46 bits per heavy atom. The molecular formula is C8H9F3O2. The predicted molar refractivity (Wildman–Crippen MR) is 38.9 cm³/mol. The lowest BCUT2D eigenvalue weighted by atomic mass is 9.98. The van der Waals surface area contributed by atoms with Gasteiger partial charge in [0.1, 0.15) is 0 Å². The Labute approximate surface area is 73.4 Å². The van der Waals surface area contributed by atoms with Gasteiger partial charge in [-0.25, -0.2) is 4.79 Å². The van der Waals surface area contributed by atoms with Gasteiger partial charge in [-0.15, -0.1) is 0 Å². The second kappa shape index (κ2) is 3.05. The van der Waals surface area contributed by atoms with E-state index in [1.54, 1.807) is 6.92 Å². The summed E-state index contributed by atoms with van der Waals surface area (Å²) in [5.74, 6) is -0.925. The maximum Gasteiger partial charge on any atom is 0.432 e. The van der Waals surface area contributed by atoms with Gasteiger partial charge < -0.3 is 4.74 Å². The summed E-state index contributed by atoms with van der Waals surface area (Å²) in [5, 5.41) is 0. The van der Waals surface area contributed by atoms with Gasteiger partial charge in [-0.05, 0) is 12.5 Å². The highest BCUT2D eigenvalue weighted by molar-refractivity contribution is 5.85. The average molecular weight is 194 g/mol. The van der Waals surface area contributed by atoms with Gasteiger partial charge in [0.25, 0.3) is 0 Å². The molecule has 1 rings (SSSR count). The van der Waals surface area contributed by atoms with E-state index in [9.17, 15) is 18.0 Å². The van der Waals surface area contributed by atoms with Crippen LogP contribution in [-0.4, -0.2) is 17.7 Å². The van der Waals surface area contributed by atoms with Crippen molar-refractivity contribution in [3.05, 3.63) is 12.2 Å². The van der Waals surface area contributed by atoms with Crippen molar-refractivity contribution in [1.82, 2.24) is 0 Å². The van der Waals surface area contributed by atoms with Gasteiger partial charge in [0.05, 0.1) is 0 Å². The molecule has 0 bridgehead atoms. The maximum absolute atomic E-state index is 12.4. The minimum atomic E-state index is -4.52. The highest BCUT2D eigenvalue weighted by atomic mass is 19.4. The van der Waals surface area contributed by atoms with Crippen LogP contribution in [0, 0.1) is 0 Å². The van der Waals surface area contributed by atoms with Gasteiger partial charge in [-0.3, -0.25) is 0 Å². The number of rotatable bonds is 2. The molecule has 0 radical (unpaired) electrons. The molecule has 0 saturated carbocycles. The van der Waals surface area contributed by atoms with Crippen LogP contribution in [0.5, 0.6) is 0 Å². The lowest BCUT2D eigenvalue weighted by Gasteiger charge is -2.28. The number of cyclic esters (lactones) is 1. The average Bonchev–Trinajstić information content (AvgIpc) is 2.32. The van der Waals surface area contributed by atoms with Crippen LogP contribution in [0.15, 0.2) is 12.2 Å². The molecule has 1 heterocycles. The summed E-state index contributed by atoms with van der Waals surface area (Å²) >= 11 is 0. The Hall–Kier alpha value is -1.00. The van der Waals surface area contributed by atoms with Crippen molar-refractivity contribution < 1.29 is 22.7 Å². The number of carbonyl (C=O) groups is 1. The summed E-state index contributed by atoms with van der Waals surface area (Å²) in [6.45, 7) is 1.60. The molecule has 2 nitrogen and oxygen atoms in total. The molecule has 1 unspecified atom stereocenters. The summed E-state index contributed by atoms with van der Waals surface area (Å²) in [4.78, 5) is 10.6. The highest BCUT2D eigenvalue weighted by Crippen LogP contribution is 2.41. The van der Waals surface area contributed by atoms with Crippen LogP contribution < -0.4 is 0 Å². The van der Waals surface area contributed by atoms with E-state index >= 15 is 0 Å². The van der Waals surface area contributed by atoms with Crippen LogP contribution in [0.25, 0.3) is 0 Å². The fraction of sp³-hybridized carbons (Fsp3) is 0.625. The number of carbonyl (C=O) groups excluding carboxylic acids is 1. The number of esters is 1. The first-order valence-corrected chi connectivity index (χ1v) is 3.90. The Balaban J connectivity index is 2.91. The van der Waals surface area contributed by atoms with Crippen molar-refractivity contribution in [3.8, 4) is 0 Å². The molecule has 1 aliphatic heterocycles. The standard InChI is InChI=1S/C8H9F3O2/c1-2-4-7(8(9,10)11)5-3-6(12)13-7/h3,5H,2,4H2,1H3. The Morgan fingerprint density at radius 1 is 1.54 bits per heavy atom. The van der Waals surface area contributed by atoms with E-state index < -0.39 is 17.7 Å². The fourth-order valence-electron chi connectivity index (χ4n) is 1.25. The minimum Gasteiger partial charge on any atom is -0.442 e. The molecule has 13 heavy (non-hydrogen) atoms. The zero-order chi connectivity index (χ0) is 10.1. The minimum absolute atomic E-state index is 0.223. The SMILES string of the molecule is CCCC1(C(F)(F)F)C=CC(=O)O1. The van der Waals surface area contributed by atoms with Crippen LogP contribution in [0.2, 0.25) is 0 Å². The number of ether oxygens (including phenoxy) is 1. The highest BCUT2D eigenvalue weighted by Gasteiger charge is 2.57. The van der Waals surface area contributed by atoms with E-state index in [2.05, 4.69) is 4.74 Å². The van der Waals surface area contributed by atoms with E-state index in [1.165, 1.54) is 0 Å². The number of halogens is 3. The number of hydrogen-bond donors (Lipinski definition) is 0. The molecule has 0 spiro atoms. The van der Waals surface area contributed by atoms with Gasteiger partial charge in [0.15, 0.2) is 0 Å². The second-order valence-electron chi connectivity index (χ2n) is 2.89. The van der Waals surface area contributed by atoms with Crippen molar-refractivity contribution >= 4 is 5.97 Å². The Morgan fingerprint density at radius 2 is 2.15 bits per heavy atom. The smallest absolute Gasteiger partial charge is 0.432 e. The molecule has 1 aliphatic rings. The molecular weight excluding hydrogens is 185 g/mol. The lowest BCUT2D eigenvalue weighted by Crippen LogP contribution is -2.44. The van der Waals surface area contributed by atoms with Gasteiger partial charge in [-0.2, -0.15) is 13.2 Å². The molecule has 0 aromatic rings. The Bertz CT molecular complexity index is 244. The second-order valence-corrected chi connectivity index (χ2v) is 2.89. The van der Waals surface area contributed by atoms with Crippen LogP contribution in [-0.2, 0) is 9.53 Å². The third-order valence-electron chi connectivity index (χ3n) is 1.87. The molecule has 0 saturated heterocycles. The zero-order valence-corrected chi connectivity index (χ0v) is 7.02. The maximum atomic E-state index is 12.4. The molecule has 0 amide bonds.